The van der Waals surface area contributed by atoms with Crippen LogP contribution in [0.25, 0.3) is 0 Å². The molecule has 1 amide bonds. The highest BCUT2D eigenvalue weighted by molar-refractivity contribution is 5.79. The van der Waals surface area contributed by atoms with Gasteiger partial charge in [-0.3, -0.25) is 29.4 Å². The van der Waals surface area contributed by atoms with Crippen LogP contribution >= 0.6 is 0 Å². The number of nitrogens with zero attached hydrogens (tertiary/aromatic N) is 1. The Bertz CT molecular complexity index is 572. The summed E-state index contributed by atoms with van der Waals surface area (Å²) in [6, 6.07) is 0.586. The highest BCUT2D eigenvalue weighted by Crippen LogP contribution is 2.22. The van der Waals surface area contributed by atoms with Crippen LogP contribution in [-0.2, 0) is 19.2 Å². The molecule has 11 heteroatoms. The number of carbonyl (C=O) groups excluding carboxylic acids is 1. The second kappa shape index (κ2) is 14.7. The van der Waals surface area contributed by atoms with Crippen molar-refractivity contribution in [2.45, 2.75) is 75.9 Å². The highest BCUT2D eigenvalue weighted by Gasteiger charge is 2.24. The molecule has 2 saturated carbocycles. The molecule has 0 atom stereocenters. The summed E-state index contributed by atoms with van der Waals surface area (Å²) in [6.45, 7) is -0.480. The molecule has 2 fully saturated rings. The number of carboxylic acids is 3. The number of carboxylic acid groups (broad SMARTS) is 3. The molecule has 0 heterocycles. The van der Waals surface area contributed by atoms with Crippen molar-refractivity contribution in [1.29, 1.82) is 0 Å². The van der Waals surface area contributed by atoms with E-state index in [4.69, 9.17) is 21.1 Å². The first-order valence-electron chi connectivity index (χ1n) is 10.8. The van der Waals surface area contributed by atoms with Gasteiger partial charge in [0.05, 0.1) is 26.2 Å². The fourth-order valence-electron chi connectivity index (χ4n) is 3.93. The lowest BCUT2D eigenvalue weighted by Gasteiger charge is -2.31. The van der Waals surface area contributed by atoms with Gasteiger partial charge in [-0.05, 0) is 38.5 Å². The van der Waals surface area contributed by atoms with Crippen molar-refractivity contribution < 1.29 is 34.5 Å². The standard InChI is InChI=1S/C10H19N3O3.C10H17NO4/c11-7-1-3-8(4-2-7)13-9(14)5-12-6-10(15)16;12-9(13)6-11(7-10(14)15)8-4-2-1-3-5-8/h7-8,12H,1-6,11H2,(H,13,14)(H,15,16);8H,1-7H2,(H,12,13)(H,14,15). The molecule has 2 aliphatic carbocycles. The van der Waals surface area contributed by atoms with E-state index in [1.807, 2.05) is 0 Å². The largest absolute Gasteiger partial charge is 0.480 e. The molecule has 7 N–H and O–H groups in total. The predicted octanol–water partition coefficient (Wildman–Crippen LogP) is -0.163. The highest BCUT2D eigenvalue weighted by atomic mass is 16.4. The summed E-state index contributed by atoms with van der Waals surface area (Å²) in [5, 5.41) is 31.2. The minimum atomic E-state index is -0.962. The van der Waals surface area contributed by atoms with Crippen molar-refractivity contribution >= 4 is 23.8 Å². The smallest absolute Gasteiger partial charge is 0.317 e. The maximum absolute atomic E-state index is 11.4. The van der Waals surface area contributed by atoms with Crippen LogP contribution in [0.3, 0.4) is 0 Å². The molecule has 0 spiro atoms. The van der Waals surface area contributed by atoms with Crippen molar-refractivity contribution in [2.75, 3.05) is 26.2 Å². The Hall–Kier alpha value is -2.24. The fourth-order valence-corrected chi connectivity index (χ4v) is 3.93. The maximum atomic E-state index is 11.4. The third-order valence-electron chi connectivity index (χ3n) is 5.47. The van der Waals surface area contributed by atoms with Crippen LogP contribution in [0.1, 0.15) is 57.8 Å². The molecule has 31 heavy (non-hydrogen) atoms. The zero-order valence-corrected chi connectivity index (χ0v) is 17.9. The zero-order chi connectivity index (χ0) is 23.2. The lowest BCUT2D eigenvalue weighted by molar-refractivity contribution is -0.143. The molecule has 11 nitrogen and oxygen atoms in total. The maximum Gasteiger partial charge on any atom is 0.317 e. The Morgan fingerprint density at radius 1 is 0.774 bits per heavy atom. The molecular weight excluding hydrogens is 408 g/mol. The van der Waals surface area contributed by atoms with E-state index in [9.17, 15) is 19.2 Å². The van der Waals surface area contributed by atoms with Crippen molar-refractivity contribution in [3.8, 4) is 0 Å². The Morgan fingerprint density at radius 3 is 1.81 bits per heavy atom. The number of hydrogen-bond donors (Lipinski definition) is 6. The number of amides is 1. The van der Waals surface area contributed by atoms with Crippen LogP contribution in [-0.4, -0.2) is 88.3 Å². The van der Waals surface area contributed by atoms with Crippen molar-refractivity contribution in [1.82, 2.24) is 15.5 Å². The predicted molar refractivity (Wildman–Crippen MR) is 113 cm³/mol. The minimum Gasteiger partial charge on any atom is -0.480 e. The molecule has 178 valence electrons. The molecule has 2 rings (SSSR count). The van der Waals surface area contributed by atoms with E-state index < -0.39 is 17.9 Å². The third kappa shape index (κ3) is 12.9. The fraction of sp³-hybridized carbons (Fsp3) is 0.800. The van der Waals surface area contributed by atoms with E-state index in [2.05, 4.69) is 10.6 Å². The summed E-state index contributed by atoms with van der Waals surface area (Å²) in [6.07, 6.45) is 8.84. The van der Waals surface area contributed by atoms with Crippen LogP contribution in [0.2, 0.25) is 0 Å². The summed E-state index contributed by atoms with van der Waals surface area (Å²) < 4.78 is 0. The summed E-state index contributed by atoms with van der Waals surface area (Å²) in [7, 11) is 0. The van der Waals surface area contributed by atoms with Gasteiger partial charge in [0.25, 0.3) is 0 Å². The molecule has 2 aliphatic rings. The number of rotatable bonds is 10. The molecule has 0 bridgehead atoms. The average Bonchev–Trinajstić information content (AvgIpc) is 2.69. The zero-order valence-electron chi connectivity index (χ0n) is 17.9. The Morgan fingerprint density at radius 2 is 1.32 bits per heavy atom. The first-order chi connectivity index (χ1) is 14.7. The molecule has 0 radical (unpaired) electrons. The van der Waals surface area contributed by atoms with E-state index in [0.717, 1.165) is 51.4 Å². The van der Waals surface area contributed by atoms with E-state index in [1.165, 1.54) is 6.42 Å². The van der Waals surface area contributed by atoms with Crippen molar-refractivity contribution in [3.05, 3.63) is 0 Å². The molecule has 0 saturated heterocycles. The molecule has 0 aromatic carbocycles. The van der Waals surface area contributed by atoms with Crippen LogP contribution in [0.5, 0.6) is 0 Å². The van der Waals surface area contributed by atoms with Gasteiger partial charge in [-0.15, -0.1) is 0 Å². The molecular formula is C20H36N4O7. The SMILES string of the molecule is NC1CCC(NC(=O)CNCC(=O)O)CC1.O=C(O)CN(CC(=O)O)C1CCCCC1. The minimum absolute atomic E-state index is 0.0504. The van der Waals surface area contributed by atoms with E-state index in [-0.39, 0.29) is 50.2 Å². The summed E-state index contributed by atoms with van der Waals surface area (Å²) in [4.78, 5) is 44.3. The number of aliphatic carboxylic acids is 3. The van der Waals surface area contributed by atoms with Crippen LogP contribution in [0, 0.1) is 0 Å². The van der Waals surface area contributed by atoms with Crippen molar-refractivity contribution in [2.24, 2.45) is 5.73 Å². The van der Waals surface area contributed by atoms with Crippen molar-refractivity contribution in [3.63, 3.8) is 0 Å². The van der Waals surface area contributed by atoms with Gasteiger partial charge in [-0.2, -0.15) is 0 Å². The lowest BCUT2D eigenvalue weighted by atomic mass is 9.92. The Balaban J connectivity index is 0.000000311. The number of carbonyl (C=O) groups is 4. The lowest BCUT2D eigenvalue weighted by Crippen LogP contribution is -2.44. The van der Waals surface area contributed by atoms with Gasteiger partial charge in [0.1, 0.15) is 0 Å². The first kappa shape index (κ1) is 26.8. The normalized spacial score (nSPS) is 21.6. The molecule has 0 unspecified atom stereocenters. The quantitative estimate of drug-likeness (QED) is 0.265. The summed E-state index contributed by atoms with van der Waals surface area (Å²) in [5.41, 5.74) is 5.75. The van der Waals surface area contributed by atoms with Gasteiger partial charge in [0.2, 0.25) is 5.91 Å². The van der Waals surface area contributed by atoms with Crippen LogP contribution in [0.15, 0.2) is 0 Å². The number of nitrogens with two attached hydrogens (primary N) is 1. The third-order valence-corrected chi connectivity index (χ3v) is 5.47. The van der Waals surface area contributed by atoms with E-state index >= 15 is 0 Å². The van der Waals surface area contributed by atoms with Gasteiger partial charge in [0, 0.05) is 18.1 Å². The number of hydrogen-bond acceptors (Lipinski definition) is 7. The van der Waals surface area contributed by atoms with Gasteiger partial charge in [-0.1, -0.05) is 19.3 Å². The summed E-state index contributed by atoms with van der Waals surface area (Å²) >= 11 is 0. The van der Waals surface area contributed by atoms with Gasteiger partial charge in [0.15, 0.2) is 0 Å². The average molecular weight is 445 g/mol. The van der Waals surface area contributed by atoms with Crippen LogP contribution in [0.4, 0.5) is 0 Å². The number of nitrogens with one attached hydrogen (secondary N) is 2. The second-order valence-electron chi connectivity index (χ2n) is 8.16. The Kier molecular flexibility index (Phi) is 12.7. The van der Waals surface area contributed by atoms with Gasteiger partial charge >= 0.3 is 17.9 Å². The summed E-state index contributed by atoms with van der Waals surface area (Å²) in [5.74, 6) is -3.03. The van der Waals surface area contributed by atoms with E-state index in [0.29, 0.717) is 0 Å². The topological polar surface area (TPSA) is 182 Å². The second-order valence-corrected chi connectivity index (χ2v) is 8.16. The van der Waals surface area contributed by atoms with E-state index in [1.54, 1.807) is 4.90 Å². The van der Waals surface area contributed by atoms with Gasteiger partial charge in [-0.25, -0.2) is 0 Å². The first-order valence-corrected chi connectivity index (χ1v) is 10.8. The molecule has 0 aromatic rings. The van der Waals surface area contributed by atoms with Gasteiger partial charge < -0.3 is 26.4 Å². The Labute approximate surface area is 182 Å². The molecule has 0 aromatic heterocycles. The van der Waals surface area contributed by atoms with Crippen LogP contribution < -0.4 is 16.4 Å². The molecule has 0 aliphatic heterocycles. The monoisotopic (exact) mass is 444 g/mol.